The lowest BCUT2D eigenvalue weighted by molar-refractivity contribution is -0.0242. The maximum atomic E-state index is 12.4. The van der Waals surface area contributed by atoms with Crippen molar-refractivity contribution in [1.29, 1.82) is 0 Å². The monoisotopic (exact) mass is 465 g/mol. The fourth-order valence-corrected chi connectivity index (χ4v) is 5.59. The first kappa shape index (κ1) is 22.4. The first-order chi connectivity index (χ1) is 15.1. The molecular weight excluding hydrogens is 437 g/mol. The highest BCUT2D eigenvalue weighted by atomic mass is 35.5. The number of likely N-dealkylation sites (tertiary alicyclic amines) is 1. The van der Waals surface area contributed by atoms with Crippen molar-refractivity contribution in [2.45, 2.75) is 62.5 Å². The molecule has 0 spiro atoms. The predicted molar refractivity (Wildman–Crippen MR) is 121 cm³/mol. The summed E-state index contributed by atoms with van der Waals surface area (Å²) in [6.45, 7) is 1.11. The number of carbonyl (C=O) groups excluding carboxylic acids is 1. The molecule has 1 aliphatic carbocycles. The minimum absolute atomic E-state index is 0.0438. The van der Waals surface area contributed by atoms with E-state index in [2.05, 4.69) is 22.3 Å². The van der Waals surface area contributed by atoms with E-state index in [9.17, 15) is 4.79 Å². The minimum atomic E-state index is -0.323. The minimum Gasteiger partial charge on any atom is -0.453 e. The Morgan fingerprint density at radius 3 is 2.61 bits per heavy atom. The molecule has 2 heterocycles. The van der Waals surface area contributed by atoms with Crippen LogP contribution in [0.5, 0.6) is 0 Å². The van der Waals surface area contributed by atoms with E-state index in [1.54, 1.807) is 11.1 Å². The first-order valence-corrected chi connectivity index (χ1v) is 11.7. The van der Waals surface area contributed by atoms with Crippen molar-refractivity contribution in [1.82, 2.24) is 15.1 Å². The molecule has 1 aliphatic heterocycles. The number of ether oxygens (including phenoxy) is 2. The van der Waals surface area contributed by atoms with Crippen molar-refractivity contribution in [2.24, 2.45) is 0 Å². The second-order valence-electron chi connectivity index (χ2n) is 8.44. The van der Waals surface area contributed by atoms with E-state index in [-0.39, 0.29) is 24.2 Å². The van der Waals surface area contributed by atoms with Crippen molar-refractivity contribution in [2.75, 3.05) is 20.3 Å². The average molecular weight is 466 g/mol. The molecule has 1 amide bonds. The second-order valence-corrected chi connectivity index (χ2v) is 9.25. The van der Waals surface area contributed by atoms with E-state index in [1.807, 2.05) is 12.1 Å². The molecule has 168 valence electrons. The Labute approximate surface area is 193 Å². The number of aromatic nitrogens is 2. The smallest absolute Gasteiger partial charge is 0.409 e. The Kier molecular flexibility index (Phi) is 7.41. The molecule has 6 nitrogen and oxygen atoms in total. The maximum absolute atomic E-state index is 12.4. The van der Waals surface area contributed by atoms with Crippen LogP contribution in [0.3, 0.4) is 0 Å². The lowest BCUT2D eigenvalue weighted by Gasteiger charge is -2.41. The van der Waals surface area contributed by atoms with Crippen molar-refractivity contribution in [3.8, 4) is 0 Å². The first-order valence-electron chi connectivity index (χ1n) is 11.0. The Morgan fingerprint density at radius 2 is 1.94 bits per heavy atom. The van der Waals surface area contributed by atoms with E-state index in [1.165, 1.54) is 12.7 Å². The maximum Gasteiger partial charge on any atom is 0.409 e. The molecule has 1 saturated heterocycles. The van der Waals surface area contributed by atoms with Gasteiger partial charge in [-0.1, -0.05) is 41.4 Å². The molecule has 1 aromatic heterocycles. The van der Waals surface area contributed by atoms with Crippen LogP contribution < -0.4 is 0 Å². The van der Waals surface area contributed by atoms with Gasteiger partial charge in [0.25, 0.3) is 0 Å². The van der Waals surface area contributed by atoms with Gasteiger partial charge in [-0.25, -0.2) is 4.79 Å². The molecule has 2 aliphatic rings. The lowest BCUT2D eigenvalue weighted by atomic mass is 9.82. The average Bonchev–Trinajstić information content (AvgIpc) is 3.23. The number of H-pyrrole nitrogens is 1. The van der Waals surface area contributed by atoms with Gasteiger partial charge in [0.05, 0.1) is 42.8 Å². The van der Waals surface area contributed by atoms with Gasteiger partial charge < -0.3 is 14.4 Å². The van der Waals surface area contributed by atoms with Crippen molar-refractivity contribution in [3.63, 3.8) is 0 Å². The van der Waals surface area contributed by atoms with E-state index in [4.69, 9.17) is 32.7 Å². The van der Waals surface area contributed by atoms with Crippen LogP contribution in [0.25, 0.3) is 0 Å². The number of methoxy groups -OCH3 is 1. The van der Waals surface area contributed by atoms with Crippen molar-refractivity contribution >= 4 is 29.3 Å². The van der Waals surface area contributed by atoms with Gasteiger partial charge >= 0.3 is 6.09 Å². The van der Waals surface area contributed by atoms with Gasteiger partial charge in [0, 0.05) is 17.5 Å². The number of aromatic amines is 1. The van der Waals surface area contributed by atoms with Crippen LogP contribution in [0.4, 0.5) is 4.79 Å². The predicted octanol–water partition coefficient (Wildman–Crippen LogP) is 5.77. The zero-order chi connectivity index (χ0) is 21.8. The summed E-state index contributed by atoms with van der Waals surface area (Å²) in [5, 5.41) is 8.54. The van der Waals surface area contributed by atoms with Crippen molar-refractivity contribution < 1.29 is 14.3 Å². The molecule has 1 saturated carbocycles. The molecule has 2 atom stereocenters. The summed E-state index contributed by atoms with van der Waals surface area (Å²) in [6.07, 6.45) is 7.34. The third kappa shape index (κ3) is 5.02. The lowest BCUT2D eigenvalue weighted by Crippen LogP contribution is -2.50. The van der Waals surface area contributed by atoms with Gasteiger partial charge in [-0.15, -0.1) is 0 Å². The molecule has 0 bridgehead atoms. The number of nitrogens with one attached hydrogen (secondary N) is 1. The zero-order valence-electron chi connectivity index (χ0n) is 17.7. The van der Waals surface area contributed by atoms with Gasteiger partial charge in [0.1, 0.15) is 0 Å². The van der Waals surface area contributed by atoms with E-state index < -0.39 is 0 Å². The van der Waals surface area contributed by atoms with Crippen LogP contribution in [0, 0.1) is 0 Å². The number of rotatable bonds is 5. The Bertz CT molecular complexity index is 882. The fourth-order valence-electron chi connectivity index (χ4n) is 5.07. The highest BCUT2D eigenvalue weighted by Gasteiger charge is 2.38. The van der Waals surface area contributed by atoms with E-state index in [0.717, 1.165) is 49.2 Å². The van der Waals surface area contributed by atoms with Crippen LogP contribution in [0.1, 0.15) is 61.6 Å². The Balaban J connectivity index is 1.40. The van der Waals surface area contributed by atoms with Crippen LogP contribution in [0.2, 0.25) is 10.0 Å². The van der Waals surface area contributed by atoms with E-state index >= 15 is 0 Å². The topological polar surface area (TPSA) is 67.5 Å². The van der Waals surface area contributed by atoms with Gasteiger partial charge in [-0.05, 0) is 56.1 Å². The van der Waals surface area contributed by atoms with Gasteiger partial charge in [0.15, 0.2) is 0 Å². The molecule has 1 N–H and O–H groups in total. The van der Waals surface area contributed by atoms with Crippen LogP contribution in [-0.4, -0.2) is 53.6 Å². The Hall–Kier alpha value is -1.76. The summed E-state index contributed by atoms with van der Waals surface area (Å²) in [5.74, 6) is 0.522. The molecule has 31 heavy (non-hydrogen) atoms. The summed E-state index contributed by atoms with van der Waals surface area (Å²) in [5.41, 5.74) is 2.10. The van der Waals surface area contributed by atoms with Crippen LogP contribution >= 0.6 is 23.2 Å². The summed E-state index contributed by atoms with van der Waals surface area (Å²) >= 11 is 12.7. The molecule has 1 unspecified atom stereocenters. The number of nitrogens with zero attached hydrogens (tertiary/aromatic N) is 2. The highest BCUT2D eigenvalue weighted by Crippen LogP contribution is 2.39. The number of benzene rings is 1. The number of halogens is 2. The fraction of sp³-hybridized carbons (Fsp3) is 0.565. The number of hydrogen-bond acceptors (Lipinski definition) is 4. The molecular formula is C23H29Cl2N3O3. The quantitative estimate of drug-likeness (QED) is 0.607. The third-order valence-corrected chi connectivity index (χ3v) is 7.35. The van der Waals surface area contributed by atoms with Gasteiger partial charge in [-0.3, -0.25) is 5.10 Å². The van der Waals surface area contributed by atoms with E-state index in [0.29, 0.717) is 24.1 Å². The number of hydrogen-bond donors (Lipinski definition) is 1. The summed E-state index contributed by atoms with van der Waals surface area (Å²) in [4.78, 5) is 14.2. The van der Waals surface area contributed by atoms with Gasteiger partial charge in [0.2, 0.25) is 0 Å². The van der Waals surface area contributed by atoms with Crippen molar-refractivity contribution in [3.05, 3.63) is 51.8 Å². The normalized spacial score (nSPS) is 26.6. The highest BCUT2D eigenvalue weighted by molar-refractivity contribution is 6.31. The second kappa shape index (κ2) is 10.2. The summed E-state index contributed by atoms with van der Waals surface area (Å²) in [7, 11) is 1.42. The summed E-state index contributed by atoms with van der Waals surface area (Å²) in [6, 6.07) is 7.98. The summed E-state index contributed by atoms with van der Waals surface area (Å²) < 4.78 is 11.4. The number of piperidine rings is 1. The standard InChI is InChI=1S/C23H29Cl2N3O3/c1-30-23(29)28-12-4-6-18(22-20(25)13-26-27-22)21(28)14-31-16-10-8-15(9-11-16)17-5-2-3-7-19(17)24/h2-3,5,7,13,15-16,18,21H,4,6,8-12,14H2,1H3,(H,26,27)/t15?,16?,18?,21-/m0/s1. The zero-order valence-corrected chi connectivity index (χ0v) is 19.2. The third-order valence-electron chi connectivity index (χ3n) is 6.70. The largest absolute Gasteiger partial charge is 0.453 e. The SMILES string of the molecule is COC(=O)N1CCCC(c2[nH]ncc2Cl)[C@@H]1COC1CCC(c2ccccc2Cl)CC1. The molecule has 2 fully saturated rings. The molecule has 0 radical (unpaired) electrons. The van der Waals surface area contributed by atoms with Gasteiger partial charge in [-0.2, -0.15) is 5.10 Å². The number of carbonyl (C=O) groups is 1. The molecule has 1 aromatic carbocycles. The number of amides is 1. The van der Waals surface area contributed by atoms with Crippen LogP contribution in [-0.2, 0) is 9.47 Å². The Morgan fingerprint density at radius 1 is 1.16 bits per heavy atom. The van der Waals surface area contributed by atoms with Crippen LogP contribution in [0.15, 0.2) is 30.5 Å². The molecule has 8 heteroatoms. The molecule has 4 rings (SSSR count). The molecule has 2 aromatic rings.